The highest BCUT2D eigenvalue weighted by Crippen LogP contribution is 2.17. The quantitative estimate of drug-likeness (QED) is 0.181. The van der Waals surface area contributed by atoms with Crippen molar-refractivity contribution < 1.29 is 12.9 Å². The zero-order valence-electron chi connectivity index (χ0n) is 17.2. The summed E-state index contributed by atoms with van der Waals surface area (Å²) in [7, 11) is -1.64. The van der Waals surface area contributed by atoms with Gasteiger partial charge in [0, 0.05) is 56.5 Å². The molecule has 2 aromatic rings. The molecule has 1 aromatic heterocycles. The summed E-state index contributed by atoms with van der Waals surface area (Å²) in [5.74, 6) is 1.60. The number of thioether (sulfide) groups is 1. The first-order chi connectivity index (χ1) is 14.0. The van der Waals surface area contributed by atoms with Crippen molar-refractivity contribution in [3.05, 3.63) is 47.9 Å². The predicted molar refractivity (Wildman–Crippen MR) is 131 cm³/mol. The van der Waals surface area contributed by atoms with Gasteiger partial charge in [0.05, 0.1) is 5.69 Å². The maximum Gasteiger partial charge on any atom is 0.220 e. The largest absolute Gasteiger partial charge is 0.364 e. The van der Waals surface area contributed by atoms with Gasteiger partial charge in [-0.15, -0.1) is 35.7 Å². The Hall–Kier alpha value is -1.31. The summed E-state index contributed by atoms with van der Waals surface area (Å²) in [6, 6.07) is 10.1. The summed E-state index contributed by atoms with van der Waals surface area (Å²) in [6.45, 7) is 4.93. The molecule has 166 valence electrons. The first-order valence-corrected chi connectivity index (χ1v) is 12.1. The van der Waals surface area contributed by atoms with Gasteiger partial charge in [-0.25, -0.2) is 8.42 Å². The van der Waals surface area contributed by atoms with E-state index in [-0.39, 0.29) is 29.7 Å². The number of guanidine groups is 1. The van der Waals surface area contributed by atoms with Gasteiger partial charge in [-0.3, -0.25) is 4.99 Å². The van der Waals surface area contributed by atoms with Gasteiger partial charge in [-0.2, -0.15) is 4.31 Å². The van der Waals surface area contributed by atoms with Crippen LogP contribution in [0.2, 0.25) is 0 Å². The number of hydrogen-bond donors (Lipinski definition) is 1. The van der Waals surface area contributed by atoms with Crippen molar-refractivity contribution in [2.24, 2.45) is 4.99 Å². The molecule has 1 N–H and O–H groups in total. The second kappa shape index (κ2) is 11.9. The lowest BCUT2D eigenvalue weighted by Gasteiger charge is -2.35. The Morgan fingerprint density at radius 1 is 1.20 bits per heavy atom. The molecular formula is C19H28IN5O3S2. The van der Waals surface area contributed by atoms with Gasteiger partial charge >= 0.3 is 0 Å². The molecule has 0 spiro atoms. The zero-order chi connectivity index (χ0) is 20.7. The Labute approximate surface area is 199 Å². The maximum atomic E-state index is 12.5. The molecule has 0 bridgehead atoms. The van der Waals surface area contributed by atoms with Crippen LogP contribution in [0, 0.1) is 6.92 Å². The van der Waals surface area contributed by atoms with Gasteiger partial charge < -0.3 is 14.7 Å². The van der Waals surface area contributed by atoms with Gasteiger partial charge in [0.2, 0.25) is 10.0 Å². The lowest BCUT2D eigenvalue weighted by Crippen LogP contribution is -2.54. The number of hydrogen-bond acceptors (Lipinski definition) is 6. The highest BCUT2D eigenvalue weighted by atomic mass is 127. The first-order valence-electron chi connectivity index (χ1n) is 9.50. The van der Waals surface area contributed by atoms with Crippen LogP contribution in [0.3, 0.4) is 0 Å². The number of rotatable bonds is 7. The van der Waals surface area contributed by atoms with Gasteiger partial charge in [0.25, 0.3) is 0 Å². The van der Waals surface area contributed by atoms with Crippen molar-refractivity contribution >= 4 is 51.7 Å². The monoisotopic (exact) mass is 565 g/mol. The third-order valence-corrected chi connectivity index (χ3v) is 7.47. The molecule has 0 aliphatic carbocycles. The smallest absolute Gasteiger partial charge is 0.220 e. The molecule has 1 aliphatic rings. The standard InChI is InChI=1S/C19H27N5O3S2.HI/c1-16-3-5-18(6-4-16)28-14-8-21-19(20-2)23-9-11-24(12-10-23)29(25,26)15-17-7-13-27-22-17;/h3-7,13H,8-12,14-15H2,1-2H3,(H,20,21);1H. The van der Waals surface area contributed by atoms with E-state index < -0.39 is 10.0 Å². The number of aromatic nitrogens is 1. The van der Waals surface area contributed by atoms with Gasteiger partial charge in [-0.05, 0) is 19.1 Å². The number of benzene rings is 1. The maximum absolute atomic E-state index is 12.5. The highest BCUT2D eigenvalue weighted by molar-refractivity contribution is 14.0. The van der Waals surface area contributed by atoms with Crippen LogP contribution in [0.4, 0.5) is 0 Å². The van der Waals surface area contributed by atoms with E-state index in [1.165, 1.54) is 21.0 Å². The molecule has 0 amide bonds. The van der Waals surface area contributed by atoms with Crippen LogP contribution < -0.4 is 5.32 Å². The second-order valence-corrected chi connectivity index (χ2v) is 9.91. The zero-order valence-corrected chi connectivity index (χ0v) is 21.1. The first kappa shape index (κ1) is 25.0. The predicted octanol–water partition coefficient (Wildman–Crippen LogP) is 2.42. The van der Waals surface area contributed by atoms with Crippen molar-refractivity contribution in [1.29, 1.82) is 0 Å². The Morgan fingerprint density at radius 2 is 1.90 bits per heavy atom. The molecule has 8 nitrogen and oxygen atoms in total. The summed E-state index contributed by atoms with van der Waals surface area (Å²) >= 11 is 1.80. The van der Waals surface area contributed by atoms with Crippen molar-refractivity contribution in [3.8, 4) is 0 Å². The van der Waals surface area contributed by atoms with E-state index in [1.807, 2.05) is 0 Å². The number of halogens is 1. The molecule has 3 rings (SSSR count). The summed E-state index contributed by atoms with van der Waals surface area (Å²) in [6.07, 6.45) is 1.38. The van der Waals surface area contributed by atoms with Crippen LogP contribution in [-0.4, -0.2) is 74.3 Å². The van der Waals surface area contributed by atoms with Crippen LogP contribution in [-0.2, 0) is 15.8 Å². The van der Waals surface area contributed by atoms with E-state index in [0.717, 1.165) is 18.3 Å². The molecule has 2 heterocycles. The molecule has 11 heteroatoms. The number of piperazine rings is 1. The van der Waals surface area contributed by atoms with E-state index in [2.05, 4.69) is 51.6 Å². The molecular weight excluding hydrogens is 537 g/mol. The van der Waals surface area contributed by atoms with Gasteiger partial charge in [0.15, 0.2) is 5.96 Å². The highest BCUT2D eigenvalue weighted by Gasteiger charge is 2.28. The lowest BCUT2D eigenvalue weighted by atomic mass is 10.2. The molecule has 0 saturated carbocycles. The topological polar surface area (TPSA) is 91.0 Å². The molecule has 0 radical (unpaired) electrons. The average molecular weight is 566 g/mol. The van der Waals surface area contributed by atoms with Crippen molar-refractivity contribution in [3.63, 3.8) is 0 Å². The van der Waals surface area contributed by atoms with E-state index in [1.54, 1.807) is 24.9 Å². The second-order valence-electron chi connectivity index (χ2n) is 6.77. The average Bonchev–Trinajstić information content (AvgIpc) is 3.22. The third-order valence-electron chi connectivity index (χ3n) is 4.64. The van der Waals surface area contributed by atoms with E-state index in [9.17, 15) is 8.42 Å². The fraction of sp³-hybridized carbons (Fsp3) is 0.474. The SMILES string of the molecule is CN=C(NCCSc1ccc(C)cc1)N1CCN(S(=O)(=O)Cc2ccon2)CC1.I. The number of nitrogens with one attached hydrogen (secondary N) is 1. The summed E-state index contributed by atoms with van der Waals surface area (Å²) in [5, 5.41) is 7.07. The van der Waals surface area contributed by atoms with Crippen LogP contribution in [0.15, 0.2) is 51.0 Å². The van der Waals surface area contributed by atoms with Crippen LogP contribution in [0.5, 0.6) is 0 Å². The minimum Gasteiger partial charge on any atom is -0.364 e. The normalized spacial score (nSPS) is 15.7. The Balaban J connectivity index is 0.00000320. The molecule has 1 saturated heterocycles. The van der Waals surface area contributed by atoms with E-state index in [0.29, 0.717) is 31.9 Å². The lowest BCUT2D eigenvalue weighted by molar-refractivity contribution is 0.260. The Morgan fingerprint density at radius 3 is 2.50 bits per heavy atom. The summed E-state index contributed by atoms with van der Waals surface area (Å²) in [5.41, 5.74) is 1.69. The van der Waals surface area contributed by atoms with Crippen molar-refractivity contribution in [2.75, 3.05) is 45.5 Å². The Bertz CT molecular complexity index is 897. The molecule has 1 aromatic carbocycles. The number of sulfonamides is 1. The van der Waals surface area contributed by atoms with Crippen LogP contribution in [0.1, 0.15) is 11.3 Å². The summed E-state index contributed by atoms with van der Waals surface area (Å²) in [4.78, 5) is 7.69. The number of aliphatic imine (C=N–C) groups is 1. The van der Waals surface area contributed by atoms with Gasteiger partial charge in [-0.1, -0.05) is 22.9 Å². The van der Waals surface area contributed by atoms with Crippen molar-refractivity contribution in [2.45, 2.75) is 17.6 Å². The van der Waals surface area contributed by atoms with E-state index >= 15 is 0 Å². The van der Waals surface area contributed by atoms with Gasteiger partial charge in [0.1, 0.15) is 12.0 Å². The molecule has 1 aliphatic heterocycles. The van der Waals surface area contributed by atoms with Crippen molar-refractivity contribution in [1.82, 2.24) is 19.7 Å². The fourth-order valence-corrected chi connectivity index (χ4v) is 5.26. The molecule has 1 fully saturated rings. The molecule has 30 heavy (non-hydrogen) atoms. The third kappa shape index (κ3) is 7.13. The Kier molecular flexibility index (Phi) is 9.91. The van der Waals surface area contributed by atoms with Crippen LogP contribution in [0.25, 0.3) is 0 Å². The minimum absolute atomic E-state index is 0. The fourth-order valence-electron chi connectivity index (χ4n) is 3.07. The van der Waals surface area contributed by atoms with E-state index in [4.69, 9.17) is 4.52 Å². The molecule has 0 atom stereocenters. The molecule has 0 unspecified atom stereocenters. The minimum atomic E-state index is -3.40. The number of nitrogens with zero attached hydrogens (tertiary/aromatic N) is 4. The number of aryl methyl sites for hydroxylation is 1. The van der Waals surface area contributed by atoms with Crippen LogP contribution >= 0.6 is 35.7 Å². The summed E-state index contributed by atoms with van der Waals surface area (Å²) < 4.78 is 31.3.